The van der Waals surface area contributed by atoms with Crippen molar-refractivity contribution in [3.05, 3.63) is 78.4 Å². The smallest absolute Gasteiger partial charge is 0.255 e. The second-order valence-electron chi connectivity index (χ2n) is 8.06. The molecule has 1 unspecified atom stereocenters. The summed E-state index contributed by atoms with van der Waals surface area (Å²) in [5, 5.41) is 10.7. The van der Waals surface area contributed by atoms with Crippen LogP contribution in [-0.2, 0) is 9.59 Å². The van der Waals surface area contributed by atoms with Crippen molar-refractivity contribution in [3.63, 3.8) is 0 Å². The third-order valence-corrected chi connectivity index (χ3v) is 6.60. The van der Waals surface area contributed by atoms with Crippen molar-refractivity contribution in [1.29, 1.82) is 0 Å². The number of ether oxygens (including phenoxy) is 2. The van der Waals surface area contributed by atoms with E-state index in [0.717, 1.165) is 4.90 Å². The minimum absolute atomic E-state index is 0.0342. The Morgan fingerprint density at radius 3 is 2.32 bits per heavy atom. The lowest BCUT2D eigenvalue weighted by Crippen LogP contribution is -2.35. The molecule has 3 aromatic carbocycles. The Hall–Kier alpha value is -4.31. The van der Waals surface area contributed by atoms with Crippen LogP contribution in [0.5, 0.6) is 11.5 Å². The number of thioether (sulfide) groups is 1. The maximum Gasteiger partial charge on any atom is 0.255 e. The number of hydrazone groups is 1. The molecule has 1 heterocycles. The summed E-state index contributed by atoms with van der Waals surface area (Å²) in [6.45, 7) is 1.78. The van der Waals surface area contributed by atoms with Gasteiger partial charge in [-0.25, -0.2) is 0 Å². The molecular weight excluding hydrogens is 492 g/mol. The van der Waals surface area contributed by atoms with Crippen LogP contribution in [0.3, 0.4) is 0 Å². The van der Waals surface area contributed by atoms with E-state index in [-0.39, 0.29) is 24.1 Å². The number of methoxy groups -OCH3 is 2. The standard InChI is InChI=1S/C27H26N4O5S/c1-17(26(33)29-24-16-25(32)31(30-24)20-7-5-4-6-8-20)37-21-12-10-19(11-13-21)28-27(34)18-9-14-22(35-2)23(15-18)36-3/h4-15,17H,16H2,1-3H3,(H,28,34)(H,29,30,33). The van der Waals surface area contributed by atoms with Gasteiger partial charge in [0.2, 0.25) is 5.91 Å². The maximum atomic E-state index is 12.7. The molecule has 3 amide bonds. The number of hydrogen-bond donors (Lipinski definition) is 2. The van der Waals surface area contributed by atoms with E-state index in [1.807, 2.05) is 30.3 Å². The number of amidine groups is 1. The Bertz CT molecular complexity index is 1330. The summed E-state index contributed by atoms with van der Waals surface area (Å²) in [5.41, 5.74) is 1.69. The SMILES string of the molecule is COc1ccc(C(=O)Nc2ccc(SC(C)C(=O)NC3=NN(c4ccccc4)C(=O)C3)cc2)cc1OC. The number of rotatable bonds is 8. The Morgan fingerprint density at radius 1 is 0.946 bits per heavy atom. The Labute approximate surface area is 218 Å². The van der Waals surface area contributed by atoms with Crippen LogP contribution in [-0.4, -0.2) is 43.0 Å². The summed E-state index contributed by atoms with van der Waals surface area (Å²) in [5.74, 6) is 0.587. The molecule has 0 bridgehead atoms. The molecule has 0 saturated carbocycles. The topological polar surface area (TPSA) is 109 Å². The summed E-state index contributed by atoms with van der Waals surface area (Å²) in [4.78, 5) is 38.5. The second-order valence-corrected chi connectivity index (χ2v) is 9.48. The molecule has 1 atom stereocenters. The fourth-order valence-corrected chi connectivity index (χ4v) is 4.44. The van der Waals surface area contributed by atoms with Crippen LogP contribution < -0.4 is 25.1 Å². The summed E-state index contributed by atoms with van der Waals surface area (Å²) >= 11 is 1.36. The fraction of sp³-hybridized carbons (Fsp3) is 0.185. The highest BCUT2D eigenvalue weighted by atomic mass is 32.2. The normalized spacial score (nSPS) is 13.5. The predicted octanol–water partition coefficient (Wildman–Crippen LogP) is 4.30. The number of para-hydroxylation sites is 1. The van der Waals surface area contributed by atoms with Crippen LogP contribution in [0, 0.1) is 0 Å². The van der Waals surface area contributed by atoms with E-state index in [2.05, 4.69) is 15.7 Å². The van der Waals surface area contributed by atoms with Gasteiger partial charge in [0.25, 0.3) is 11.8 Å². The Balaban J connectivity index is 1.32. The zero-order valence-electron chi connectivity index (χ0n) is 20.6. The average molecular weight is 519 g/mol. The van der Waals surface area contributed by atoms with Crippen LogP contribution in [0.15, 0.2) is 82.8 Å². The average Bonchev–Trinajstić information content (AvgIpc) is 3.29. The summed E-state index contributed by atoms with van der Waals surface area (Å²) in [6, 6.07) is 21.2. The van der Waals surface area contributed by atoms with Gasteiger partial charge in [-0.2, -0.15) is 10.1 Å². The third-order valence-electron chi connectivity index (χ3n) is 5.48. The van der Waals surface area contributed by atoms with Crippen molar-refractivity contribution < 1.29 is 23.9 Å². The van der Waals surface area contributed by atoms with Gasteiger partial charge in [0.1, 0.15) is 5.84 Å². The molecule has 37 heavy (non-hydrogen) atoms. The molecule has 1 aliphatic heterocycles. The van der Waals surface area contributed by atoms with Gasteiger partial charge in [0.05, 0.1) is 31.6 Å². The molecule has 4 rings (SSSR count). The first kappa shape index (κ1) is 25.8. The van der Waals surface area contributed by atoms with E-state index in [1.165, 1.54) is 31.0 Å². The largest absolute Gasteiger partial charge is 0.493 e. The molecule has 0 aliphatic carbocycles. The molecule has 0 saturated heterocycles. The monoisotopic (exact) mass is 518 g/mol. The first-order valence-corrected chi connectivity index (χ1v) is 12.3. The lowest BCUT2D eigenvalue weighted by molar-refractivity contribution is -0.118. The summed E-state index contributed by atoms with van der Waals surface area (Å²) in [7, 11) is 3.04. The number of nitrogens with one attached hydrogen (secondary N) is 2. The van der Waals surface area contributed by atoms with Gasteiger partial charge in [-0.1, -0.05) is 18.2 Å². The highest BCUT2D eigenvalue weighted by molar-refractivity contribution is 8.00. The number of nitrogens with zero attached hydrogens (tertiary/aromatic N) is 2. The Kier molecular flexibility index (Phi) is 8.09. The number of hydrogen-bond acceptors (Lipinski definition) is 7. The quantitative estimate of drug-likeness (QED) is 0.431. The number of anilines is 2. The van der Waals surface area contributed by atoms with E-state index in [9.17, 15) is 14.4 Å². The van der Waals surface area contributed by atoms with Crippen LogP contribution in [0.2, 0.25) is 0 Å². The minimum atomic E-state index is -0.434. The minimum Gasteiger partial charge on any atom is -0.493 e. The van der Waals surface area contributed by atoms with Crippen molar-refractivity contribution >= 4 is 46.7 Å². The van der Waals surface area contributed by atoms with Gasteiger partial charge in [0, 0.05) is 16.1 Å². The van der Waals surface area contributed by atoms with E-state index in [1.54, 1.807) is 49.4 Å². The number of carbonyl (C=O) groups is 3. The molecule has 10 heteroatoms. The second kappa shape index (κ2) is 11.6. The molecule has 190 valence electrons. The van der Waals surface area contributed by atoms with Crippen LogP contribution >= 0.6 is 11.8 Å². The summed E-state index contributed by atoms with van der Waals surface area (Å²) in [6.07, 6.45) is 0.0342. The molecule has 0 radical (unpaired) electrons. The predicted molar refractivity (Wildman–Crippen MR) is 143 cm³/mol. The molecule has 2 N–H and O–H groups in total. The number of amides is 3. The van der Waals surface area contributed by atoms with Crippen LogP contribution in [0.4, 0.5) is 11.4 Å². The molecule has 0 aromatic heterocycles. The number of carbonyl (C=O) groups excluding carboxylic acids is 3. The molecule has 0 fully saturated rings. The molecule has 3 aromatic rings. The summed E-state index contributed by atoms with van der Waals surface area (Å²) < 4.78 is 10.5. The Morgan fingerprint density at radius 2 is 1.65 bits per heavy atom. The van der Waals surface area contributed by atoms with Crippen LogP contribution in [0.1, 0.15) is 23.7 Å². The maximum absolute atomic E-state index is 12.7. The van der Waals surface area contributed by atoms with Gasteiger partial charge in [-0.15, -0.1) is 11.8 Å². The third kappa shape index (κ3) is 6.28. The number of benzene rings is 3. The molecule has 0 spiro atoms. The van der Waals surface area contributed by atoms with E-state index in [4.69, 9.17) is 9.47 Å². The van der Waals surface area contributed by atoms with Crippen molar-refractivity contribution in [1.82, 2.24) is 5.32 Å². The zero-order valence-corrected chi connectivity index (χ0v) is 21.4. The first-order valence-electron chi connectivity index (χ1n) is 11.4. The van der Waals surface area contributed by atoms with Crippen molar-refractivity contribution in [2.75, 3.05) is 24.5 Å². The fourth-order valence-electron chi connectivity index (χ4n) is 3.57. The van der Waals surface area contributed by atoms with Crippen molar-refractivity contribution in [2.45, 2.75) is 23.5 Å². The molecule has 9 nitrogen and oxygen atoms in total. The van der Waals surface area contributed by atoms with E-state index >= 15 is 0 Å². The zero-order chi connectivity index (χ0) is 26.4. The van der Waals surface area contributed by atoms with Gasteiger partial charge in [0.15, 0.2) is 11.5 Å². The lowest BCUT2D eigenvalue weighted by atomic mass is 10.2. The van der Waals surface area contributed by atoms with E-state index in [0.29, 0.717) is 34.3 Å². The lowest BCUT2D eigenvalue weighted by Gasteiger charge is -2.13. The highest BCUT2D eigenvalue weighted by Crippen LogP contribution is 2.29. The first-order chi connectivity index (χ1) is 17.9. The van der Waals surface area contributed by atoms with E-state index < -0.39 is 5.25 Å². The van der Waals surface area contributed by atoms with Gasteiger partial charge in [-0.05, 0) is 61.5 Å². The molecule has 1 aliphatic rings. The van der Waals surface area contributed by atoms with Gasteiger partial charge < -0.3 is 20.1 Å². The van der Waals surface area contributed by atoms with Gasteiger partial charge >= 0.3 is 0 Å². The van der Waals surface area contributed by atoms with Crippen LogP contribution in [0.25, 0.3) is 0 Å². The van der Waals surface area contributed by atoms with Crippen molar-refractivity contribution in [3.8, 4) is 11.5 Å². The van der Waals surface area contributed by atoms with Crippen molar-refractivity contribution in [2.24, 2.45) is 5.10 Å². The highest BCUT2D eigenvalue weighted by Gasteiger charge is 2.27. The van der Waals surface area contributed by atoms with Gasteiger partial charge in [-0.3, -0.25) is 14.4 Å². The molecular formula is C27H26N4O5S.